The van der Waals surface area contributed by atoms with E-state index in [0.717, 1.165) is 19.9 Å². The summed E-state index contributed by atoms with van der Waals surface area (Å²) in [7, 11) is 1.23. The molecule has 0 radical (unpaired) electrons. The van der Waals surface area contributed by atoms with E-state index < -0.39 is 34.4 Å². The monoisotopic (exact) mass is 743 g/mol. The molecule has 2 amide bonds. The van der Waals surface area contributed by atoms with Crippen molar-refractivity contribution in [1.82, 2.24) is 10.2 Å². The Morgan fingerprint density at radius 3 is 2.13 bits per heavy atom. The fourth-order valence-corrected chi connectivity index (χ4v) is 7.07. The average molecular weight is 745 g/mol. The van der Waals surface area contributed by atoms with E-state index in [0.29, 0.717) is 5.75 Å². The van der Waals surface area contributed by atoms with Gasteiger partial charge in [-0.05, 0) is 53.6 Å². The summed E-state index contributed by atoms with van der Waals surface area (Å²) in [6.07, 6.45) is 0.184. The van der Waals surface area contributed by atoms with E-state index in [9.17, 15) is 18.0 Å². The number of ether oxygens (including phenoxy) is 3. The third-order valence-corrected chi connectivity index (χ3v) is 9.87. The van der Waals surface area contributed by atoms with E-state index in [-0.39, 0.29) is 40.1 Å². The van der Waals surface area contributed by atoms with Gasteiger partial charge >= 0.3 is 0 Å². The van der Waals surface area contributed by atoms with E-state index in [1.54, 1.807) is 6.07 Å². The van der Waals surface area contributed by atoms with Gasteiger partial charge in [-0.15, -0.1) is 0 Å². The van der Waals surface area contributed by atoms with Gasteiger partial charge in [0.15, 0.2) is 11.5 Å². The molecule has 0 saturated carbocycles. The van der Waals surface area contributed by atoms with Gasteiger partial charge in [0.25, 0.3) is 10.0 Å². The average Bonchev–Trinajstić information content (AvgIpc) is 3.08. The lowest BCUT2D eigenvalue weighted by Crippen LogP contribution is -2.53. The molecule has 0 unspecified atom stereocenters. The Labute approximate surface area is 288 Å². The van der Waals surface area contributed by atoms with Crippen LogP contribution < -0.4 is 23.8 Å². The predicted octanol–water partition coefficient (Wildman–Crippen LogP) is 5.71. The number of likely N-dealkylation sites (N-methyl/N-ethyl adjacent to an activating group) is 1. The van der Waals surface area contributed by atoms with Crippen LogP contribution in [0.5, 0.6) is 17.2 Å². The van der Waals surface area contributed by atoms with Crippen LogP contribution in [-0.4, -0.2) is 66.1 Å². The number of carbonyl (C=O) groups excluding carboxylic acids is 2. The third kappa shape index (κ3) is 8.56. The maximum Gasteiger partial charge on any atom is 0.265 e. The summed E-state index contributed by atoms with van der Waals surface area (Å²) >= 11 is 9.83. The van der Waals surface area contributed by atoms with Crippen LogP contribution in [0.15, 0.2) is 100 Å². The smallest absolute Gasteiger partial charge is 0.265 e. The van der Waals surface area contributed by atoms with Gasteiger partial charge in [0.05, 0.1) is 31.9 Å². The molecule has 4 aromatic rings. The molecule has 1 N–H and O–H groups in total. The molecule has 0 spiro atoms. The van der Waals surface area contributed by atoms with Crippen molar-refractivity contribution in [1.29, 1.82) is 0 Å². The number of nitrogens with zero attached hydrogens (tertiary/aromatic N) is 2. The molecule has 0 aliphatic carbocycles. The molecule has 4 aromatic carbocycles. The lowest BCUT2D eigenvalue weighted by atomic mass is 10.0. The Bertz CT molecular complexity index is 1830. The minimum Gasteiger partial charge on any atom is -0.495 e. The summed E-state index contributed by atoms with van der Waals surface area (Å²) in [5.41, 5.74) is 1.58. The molecule has 0 aliphatic rings. The van der Waals surface area contributed by atoms with Crippen molar-refractivity contribution < 1.29 is 32.2 Å². The molecule has 0 aliphatic heterocycles. The number of benzene rings is 4. The molecular weight excluding hydrogens is 710 g/mol. The third-order valence-electron chi connectivity index (χ3n) is 7.39. The van der Waals surface area contributed by atoms with Gasteiger partial charge in [0, 0.05) is 35.6 Å². The van der Waals surface area contributed by atoms with Crippen molar-refractivity contribution in [2.24, 2.45) is 0 Å². The fraction of sp³-hybridized carbons (Fsp3) is 0.235. The predicted molar refractivity (Wildman–Crippen MR) is 185 cm³/mol. The zero-order valence-corrected chi connectivity index (χ0v) is 29.4. The zero-order valence-electron chi connectivity index (χ0n) is 26.3. The van der Waals surface area contributed by atoms with Crippen LogP contribution in [0.3, 0.4) is 0 Å². The molecule has 0 bridgehead atoms. The molecular formula is C34H35BrClN3O7S. The van der Waals surface area contributed by atoms with Gasteiger partial charge in [0.2, 0.25) is 11.8 Å². The lowest BCUT2D eigenvalue weighted by molar-refractivity contribution is -0.139. The number of halogens is 2. The lowest BCUT2D eigenvalue weighted by Gasteiger charge is -2.34. The molecule has 1 atom stereocenters. The molecule has 4 rings (SSSR count). The Balaban J connectivity index is 1.87. The van der Waals surface area contributed by atoms with Gasteiger partial charge in [-0.1, -0.05) is 70.0 Å². The highest BCUT2D eigenvalue weighted by molar-refractivity contribution is 9.10. The summed E-state index contributed by atoms with van der Waals surface area (Å²) in [5.74, 6) is -0.384. The quantitative estimate of drug-likeness (QED) is 0.176. The van der Waals surface area contributed by atoms with E-state index >= 15 is 0 Å². The van der Waals surface area contributed by atoms with Crippen molar-refractivity contribution in [3.05, 3.63) is 112 Å². The minimum atomic E-state index is -4.48. The maximum atomic E-state index is 14.6. The topological polar surface area (TPSA) is 114 Å². The van der Waals surface area contributed by atoms with Crippen molar-refractivity contribution in [3.8, 4) is 17.2 Å². The molecule has 0 saturated heterocycles. The zero-order chi connectivity index (χ0) is 34.1. The van der Waals surface area contributed by atoms with Crippen LogP contribution in [0, 0.1) is 0 Å². The van der Waals surface area contributed by atoms with Gasteiger partial charge in [-0.25, -0.2) is 8.42 Å². The summed E-state index contributed by atoms with van der Waals surface area (Å²) in [6.45, 7) is -0.677. The molecule has 10 nitrogen and oxygen atoms in total. The SMILES string of the molecule is CNC(=O)[C@H](Cc1ccccc1)N(Cc1cccc(Br)c1)C(=O)CN(c1cc(Cl)ccc1OC)S(=O)(=O)c1ccc(OC)c(OC)c1. The van der Waals surface area contributed by atoms with Gasteiger partial charge < -0.3 is 24.4 Å². The first kappa shape index (κ1) is 35.6. The van der Waals surface area contributed by atoms with Gasteiger partial charge in [-0.2, -0.15) is 0 Å². The molecule has 0 aromatic heterocycles. The number of sulfonamides is 1. The van der Waals surface area contributed by atoms with Crippen LogP contribution in [-0.2, 0) is 32.6 Å². The number of nitrogens with one attached hydrogen (secondary N) is 1. The Morgan fingerprint density at radius 1 is 0.830 bits per heavy atom. The summed E-state index contributed by atoms with van der Waals surface area (Å²) in [4.78, 5) is 29.2. The standard InChI is InChI=1S/C34H35BrClN3O7S/c1-37-34(41)29(18-23-9-6-5-7-10-23)38(21-24-11-8-12-25(35)17-24)33(40)22-39(28-19-26(36)13-15-30(28)44-2)47(42,43)27-14-16-31(45-3)32(20-27)46-4/h5-17,19-20,29H,18,21-22H2,1-4H3,(H,37,41)/t29-/m0/s1. The van der Waals surface area contributed by atoms with E-state index in [1.807, 2.05) is 54.6 Å². The number of methoxy groups -OCH3 is 3. The van der Waals surface area contributed by atoms with Crippen molar-refractivity contribution in [2.45, 2.75) is 23.9 Å². The summed E-state index contributed by atoms with van der Waals surface area (Å²) < 4.78 is 46.8. The second-order valence-corrected chi connectivity index (χ2v) is 13.5. The van der Waals surface area contributed by atoms with E-state index in [2.05, 4.69) is 21.2 Å². The number of anilines is 1. The Kier molecular flexibility index (Phi) is 12.1. The normalized spacial score (nSPS) is 11.7. The maximum absolute atomic E-state index is 14.6. The summed E-state index contributed by atoms with van der Waals surface area (Å²) in [6, 6.07) is 24.2. The van der Waals surface area contributed by atoms with Crippen LogP contribution >= 0.6 is 27.5 Å². The largest absolute Gasteiger partial charge is 0.495 e. The Hall–Kier alpha value is -4.26. The van der Waals surface area contributed by atoms with Crippen molar-refractivity contribution in [3.63, 3.8) is 0 Å². The highest BCUT2D eigenvalue weighted by Crippen LogP contribution is 2.37. The summed E-state index contributed by atoms with van der Waals surface area (Å²) in [5, 5.41) is 2.89. The number of amides is 2. The van der Waals surface area contributed by atoms with Crippen LogP contribution in [0.2, 0.25) is 5.02 Å². The number of carbonyl (C=O) groups is 2. The molecule has 47 heavy (non-hydrogen) atoms. The number of hydrogen-bond acceptors (Lipinski definition) is 7. The fourth-order valence-electron chi connectivity index (χ4n) is 5.03. The second kappa shape index (κ2) is 16.0. The minimum absolute atomic E-state index is 0.0140. The highest BCUT2D eigenvalue weighted by Gasteiger charge is 2.36. The molecule has 13 heteroatoms. The first-order valence-corrected chi connectivity index (χ1v) is 17.0. The number of hydrogen-bond donors (Lipinski definition) is 1. The Morgan fingerprint density at radius 2 is 1.49 bits per heavy atom. The highest BCUT2D eigenvalue weighted by atomic mass is 79.9. The molecule has 0 fully saturated rings. The van der Waals surface area contributed by atoms with E-state index in [1.165, 1.54) is 63.6 Å². The van der Waals surface area contributed by atoms with Crippen LogP contribution in [0.1, 0.15) is 11.1 Å². The van der Waals surface area contributed by atoms with Crippen molar-refractivity contribution in [2.75, 3.05) is 39.2 Å². The molecule has 248 valence electrons. The van der Waals surface area contributed by atoms with Crippen molar-refractivity contribution >= 4 is 55.1 Å². The van der Waals surface area contributed by atoms with Gasteiger partial charge in [-0.3, -0.25) is 13.9 Å². The van der Waals surface area contributed by atoms with Gasteiger partial charge in [0.1, 0.15) is 18.3 Å². The van der Waals surface area contributed by atoms with Crippen LogP contribution in [0.4, 0.5) is 5.69 Å². The number of rotatable bonds is 14. The van der Waals surface area contributed by atoms with E-state index in [4.69, 9.17) is 25.8 Å². The first-order chi connectivity index (χ1) is 22.5. The molecule has 0 heterocycles. The first-order valence-electron chi connectivity index (χ1n) is 14.4. The second-order valence-electron chi connectivity index (χ2n) is 10.3. The van der Waals surface area contributed by atoms with Crippen LogP contribution in [0.25, 0.3) is 0 Å².